The molecule has 0 unspecified atom stereocenters. The monoisotopic (exact) mass is 1300 g/mol. The normalized spacial score (nSPS) is 11.3. The maximum Gasteiger partial charge on any atom is 3.00 e. The van der Waals surface area contributed by atoms with Gasteiger partial charge in [-0.15, -0.1) is 54.6 Å². The number of rotatable bonds is 6. The zero-order chi connectivity index (χ0) is 57.6. The molecule has 0 radical (unpaired) electrons. The van der Waals surface area contributed by atoms with E-state index in [9.17, 15) is 0 Å². The average Bonchev–Trinajstić information content (AvgIpc) is 4.49. The summed E-state index contributed by atoms with van der Waals surface area (Å²) < 4.78 is 18.4. The van der Waals surface area contributed by atoms with Crippen LogP contribution in [-0.2, 0) is 20.1 Å². The van der Waals surface area contributed by atoms with Gasteiger partial charge in [0.1, 0.15) is 16.7 Å². The molecule has 0 saturated carbocycles. The van der Waals surface area contributed by atoms with Crippen molar-refractivity contribution < 1.29 is 33.4 Å². The molecule has 0 aliphatic rings. The quantitative estimate of drug-likeness (QED) is 0.154. The minimum Gasteiger partial charge on any atom is -0.501 e. The Hall–Kier alpha value is -11.1. The molecular formula is C81H48IrN3O3. The summed E-state index contributed by atoms with van der Waals surface area (Å²) >= 11 is 0. The van der Waals surface area contributed by atoms with Crippen LogP contribution in [0.2, 0.25) is 0 Å². The molecule has 414 valence electrons. The molecule has 6 aromatic heterocycles. The summed E-state index contributed by atoms with van der Waals surface area (Å²) in [6.45, 7) is 0. The van der Waals surface area contributed by atoms with Gasteiger partial charge in [-0.25, -0.2) is 0 Å². The standard InChI is InChI=1S/3C27H16NO.Ir/c3*1-2-7-19-16-20(13-12-18(19)6-1)21-14-15-25(28-17-21)24-10-5-9-23-22-8-3-4-11-26(22)29-27(23)24;/h3*1-9,11-17H;/q3*-1;+3. The van der Waals surface area contributed by atoms with Gasteiger partial charge in [0.05, 0.1) is 16.7 Å². The molecule has 0 N–H and O–H groups in total. The van der Waals surface area contributed by atoms with Gasteiger partial charge in [0.25, 0.3) is 0 Å². The molecular weight excluding hydrogens is 1260 g/mol. The molecule has 0 aliphatic heterocycles. The molecule has 6 nitrogen and oxygen atoms in total. The largest absolute Gasteiger partial charge is 3.00 e. The molecule has 12 aromatic carbocycles. The third kappa shape index (κ3) is 10.0. The molecule has 7 heteroatoms. The van der Waals surface area contributed by atoms with E-state index in [0.717, 1.165) is 133 Å². The fourth-order valence-corrected chi connectivity index (χ4v) is 11.9. The predicted octanol–water partition coefficient (Wildman–Crippen LogP) is 21.8. The molecule has 0 bridgehead atoms. The van der Waals surface area contributed by atoms with E-state index < -0.39 is 0 Å². The first-order chi connectivity index (χ1) is 43.1. The molecule has 18 aromatic rings. The molecule has 0 aliphatic carbocycles. The Labute approximate surface area is 520 Å². The number of hydrogen-bond acceptors (Lipinski definition) is 6. The Morgan fingerprint density at radius 1 is 0.239 bits per heavy atom. The fraction of sp³-hybridized carbons (Fsp3) is 0. The van der Waals surface area contributed by atoms with Gasteiger partial charge in [-0.3, -0.25) is 0 Å². The van der Waals surface area contributed by atoms with Crippen LogP contribution in [0.15, 0.2) is 305 Å². The zero-order valence-corrected chi connectivity index (χ0v) is 49.5. The number of nitrogens with zero attached hydrogens (tertiary/aromatic N) is 3. The Balaban J connectivity index is 0.000000110. The van der Waals surface area contributed by atoms with E-state index in [0.29, 0.717) is 0 Å². The van der Waals surface area contributed by atoms with Gasteiger partial charge in [-0.1, -0.05) is 233 Å². The third-order valence-electron chi connectivity index (χ3n) is 16.3. The molecule has 0 spiro atoms. The summed E-state index contributed by atoms with van der Waals surface area (Å²) in [4.78, 5) is 14.2. The van der Waals surface area contributed by atoms with Crippen molar-refractivity contribution in [3.05, 3.63) is 310 Å². The molecule has 6 heterocycles. The van der Waals surface area contributed by atoms with Crippen molar-refractivity contribution in [3.8, 4) is 67.2 Å². The SMILES string of the molecule is [Ir+3].[c-]1ccc2c(oc3ccccc32)c1-c1ccc(-c2ccc3ccccc3c2)cn1.[c-]1ccc2c(oc3ccccc32)c1-c1ccc(-c2ccc3ccccc3c2)cn1.[c-]1ccc2c(oc3ccccc32)c1-c1ccc(-c2ccc3ccccc3c2)cn1. The number of furan rings is 3. The number of benzene rings is 12. The van der Waals surface area contributed by atoms with Crippen LogP contribution >= 0.6 is 0 Å². The van der Waals surface area contributed by atoms with Gasteiger partial charge in [0, 0.05) is 34.7 Å². The van der Waals surface area contributed by atoms with Crippen molar-refractivity contribution in [2.45, 2.75) is 0 Å². The first-order valence-corrected chi connectivity index (χ1v) is 28.9. The molecule has 18 rings (SSSR count). The van der Waals surface area contributed by atoms with Gasteiger partial charge in [-0.2, -0.15) is 0 Å². The van der Waals surface area contributed by atoms with Crippen molar-refractivity contribution >= 4 is 98.1 Å². The second kappa shape index (κ2) is 23.1. The van der Waals surface area contributed by atoms with E-state index in [-0.39, 0.29) is 20.1 Å². The van der Waals surface area contributed by atoms with Crippen molar-refractivity contribution in [2.75, 3.05) is 0 Å². The first-order valence-electron chi connectivity index (χ1n) is 28.9. The zero-order valence-electron chi connectivity index (χ0n) is 47.1. The summed E-state index contributed by atoms with van der Waals surface area (Å²) in [5.41, 5.74) is 17.2. The van der Waals surface area contributed by atoms with Crippen LogP contribution < -0.4 is 0 Å². The van der Waals surface area contributed by atoms with Gasteiger partial charge >= 0.3 is 20.1 Å². The van der Waals surface area contributed by atoms with E-state index >= 15 is 0 Å². The smallest absolute Gasteiger partial charge is 0.501 e. The van der Waals surface area contributed by atoms with Crippen LogP contribution in [0.25, 0.3) is 165 Å². The molecule has 88 heavy (non-hydrogen) atoms. The first kappa shape index (κ1) is 53.6. The number of hydrogen-bond donors (Lipinski definition) is 0. The van der Waals surface area contributed by atoms with Crippen LogP contribution in [0.1, 0.15) is 0 Å². The maximum atomic E-state index is 6.13. The van der Waals surface area contributed by atoms with Crippen molar-refractivity contribution in [1.29, 1.82) is 0 Å². The average molecular weight is 1300 g/mol. The van der Waals surface area contributed by atoms with Gasteiger partial charge in [0.2, 0.25) is 0 Å². The fourth-order valence-electron chi connectivity index (χ4n) is 11.9. The Morgan fingerprint density at radius 2 is 0.511 bits per heavy atom. The van der Waals surface area contributed by atoms with Crippen molar-refractivity contribution in [1.82, 2.24) is 15.0 Å². The van der Waals surface area contributed by atoms with E-state index in [1.54, 1.807) is 0 Å². The van der Waals surface area contributed by atoms with Crippen LogP contribution in [0.3, 0.4) is 0 Å². The van der Waals surface area contributed by atoms with Gasteiger partial charge in [0.15, 0.2) is 0 Å². The van der Waals surface area contributed by atoms with Gasteiger partial charge in [-0.05, 0) is 119 Å². The summed E-state index contributed by atoms with van der Waals surface area (Å²) in [5, 5.41) is 14.0. The van der Waals surface area contributed by atoms with Crippen LogP contribution in [0.4, 0.5) is 0 Å². The minimum absolute atomic E-state index is 0. The van der Waals surface area contributed by atoms with Crippen LogP contribution in [-0.4, -0.2) is 15.0 Å². The van der Waals surface area contributed by atoms with E-state index in [1.165, 1.54) is 32.3 Å². The molecule has 0 saturated heterocycles. The van der Waals surface area contributed by atoms with Crippen LogP contribution in [0, 0.1) is 18.2 Å². The number of fused-ring (bicyclic) bond motifs is 12. The number of para-hydroxylation sites is 3. The molecule has 0 atom stereocenters. The molecule has 0 amide bonds. The van der Waals surface area contributed by atoms with E-state index in [4.69, 9.17) is 28.2 Å². The van der Waals surface area contributed by atoms with E-state index in [2.05, 4.69) is 182 Å². The van der Waals surface area contributed by atoms with Crippen LogP contribution in [0.5, 0.6) is 0 Å². The Morgan fingerprint density at radius 3 is 0.807 bits per heavy atom. The Kier molecular flexibility index (Phi) is 14.1. The summed E-state index contributed by atoms with van der Waals surface area (Å²) in [7, 11) is 0. The second-order valence-corrected chi connectivity index (χ2v) is 21.6. The summed E-state index contributed by atoms with van der Waals surface area (Å²) in [5.74, 6) is 0. The number of aromatic nitrogens is 3. The van der Waals surface area contributed by atoms with Crippen molar-refractivity contribution in [3.63, 3.8) is 0 Å². The molecule has 0 fully saturated rings. The minimum atomic E-state index is 0. The maximum absolute atomic E-state index is 6.13. The summed E-state index contributed by atoms with van der Waals surface area (Å²) in [6, 6.07) is 103. The second-order valence-electron chi connectivity index (χ2n) is 21.6. The van der Waals surface area contributed by atoms with E-state index in [1.807, 2.05) is 128 Å². The summed E-state index contributed by atoms with van der Waals surface area (Å²) in [6.07, 6.45) is 5.78. The number of pyridine rings is 3. The van der Waals surface area contributed by atoms with Gasteiger partial charge < -0.3 is 28.2 Å². The Bertz CT molecular complexity index is 5040. The van der Waals surface area contributed by atoms with Crippen molar-refractivity contribution in [2.24, 2.45) is 0 Å². The third-order valence-corrected chi connectivity index (χ3v) is 16.3. The topological polar surface area (TPSA) is 78.1 Å². The predicted molar refractivity (Wildman–Crippen MR) is 356 cm³/mol.